The number of carbonyl (C=O) groups excluding carboxylic acids is 1. The van der Waals surface area contributed by atoms with Crippen molar-refractivity contribution in [3.8, 4) is 0 Å². The molecule has 4 rings (SSSR count). The van der Waals surface area contributed by atoms with Gasteiger partial charge in [0.2, 0.25) is 0 Å². The number of likely N-dealkylation sites (tertiary alicyclic amines) is 2. The van der Waals surface area contributed by atoms with Crippen molar-refractivity contribution in [2.24, 2.45) is 0 Å². The molecule has 3 aliphatic rings. The number of ether oxygens (including phenoxy) is 1. The van der Waals surface area contributed by atoms with Gasteiger partial charge in [0.25, 0.3) is 5.91 Å². The highest BCUT2D eigenvalue weighted by atomic mass is 16.5. The van der Waals surface area contributed by atoms with Gasteiger partial charge < -0.3 is 24.5 Å². The molecule has 0 saturated carbocycles. The molecule has 1 N–H and O–H groups in total. The molecule has 3 aliphatic heterocycles. The van der Waals surface area contributed by atoms with Crippen LogP contribution in [0.25, 0.3) is 0 Å². The molecule has 1 aromatic heterocycles. The Kier molecular flexibility index (Phi) is 5.61. The normalized spacial score (nSPS) is 27.1. The maximum Gasteiger partial charge on any atom is 0.257 e. The van der Waals surface area contributed by atoms with Gasteiger partial charge >= 0.3 is 0 Å². The molecule has 1 aromatic rings. The Balaban J connectivity index is 1.55. The summed E-state index contributed by atoms with van der Waals surface area (Å²) in [5.74, 6) is 0.712. The van der Waals surface area contributed by atoms with Crippen LogP contribution in [0.3, 0.4) is 0 Å². The first-order valence-electron chi connectivity index (χ1n) is 10.2. The number of carbonyl (C=O) groups is 1. The summed E-state index contributed by atoms with van der Waals surface area (Å²) in [7, 11) is 0. The molecule has 4 heterocycles. The van der Waals surface area contributed by atoms with Gasteiger partial charge in [-0.05, 0) is 50.9 Å². The SMILES string of the molecule is O=C(c1cccnc1N1CCOCC(O)(CN2CCCC2)C1)N1CCCC1. The second kappa shape index (κ2) is 8.12. The average Bonchev–Trinajstić information content (AvgIpc) is 3.35. The Morgan fingerprint density at radius 1 is 1.15 bits per heavy atom. The van der Waals surface area contributed by atoms with Crippen molar-refractivity contribution >= 4 is 11.7 Å². The first-order valence-corrected chi connectivity index (χ1v) is 10.2. The van der Waals surface area contributed by atoms with Gasteiger partial charge in [0.1, 0.15) is 11.4 Å². The zero-order chi connectivity index (χ0) is 18.7. The summed E-state index contributed by atoms with van der Waals surface area (Å²) in [6, 6.07) is 3.67. The standard InChI is InChI=1S/C20H30N4O3/c25-19(23-10-3-4-11-23)17-6-5-7-21-18(17)24-12-13-27-16-20(26,15-24)14-22-8-1-2-9-22/h5-7,26H,1-4,8-16H2. The highest BCUT2D eigenvalue weighted by molar-refractivity contribution is 5.99. The van der Waals surface area contributed by atoms with E-state index in [0.717, 1.165) is 39.0 Å². The van der Waals surface area contributed by atoms with Crippen LogP contribution in [0.2, 0.25) is 0 Å². The molecule has 7 heteroatoms. The number of β-amino-alcohol motifs (C(OH)–C–C–N with tert-alkyl or cyclic N) is 1. The first-order chi connectivity index (χ1) is 13.1. The van der Waals surface area contributed by atoms with E-state index in [-0.39, 0.29) is 5.91 Å². The van der Waals surface area contributed by atoms with E-state index in [4.69, 9.17) is 4.74 Å². The number of aromatic nitrogens is 1. The minimum absolute atomic E-state index is 0.0452. The van der Waals surface area contributed by atoms with Gasteiger partial charge in [0.05, 0.1) is 25.3 Å². The third-order valence-corrected chi connectivity index (χ3v) is 5.79. The van der Waals surface area contributed by atoms with Crippen molar-refractivity contribution in [3.63, 3.8) is 0 Å². The number of rotatable bonds is 4. The number of nitrogens with zero attached hydrogens (tertiary/aromatic N) is 4. The van der Waals surface area contributed by atoms with Gasteiger partial charge in [-0.3, -0.25) is 4.79 Å². The fraction of sp³-hybridized carbons (Fsp3) is 0.700. The van der Waals surface area contributed by atoms with Crippen LogP contribution < -0.4 is 4.90 Å². The molecular weight excluding hydrogens is 344 g/mol. The largest absolute Gasteiger partial charge is 0.384 e. The van der Waals surface area contributed by atoms with Crippen LogP contribution in [0.5, 0.6) is 0 Å². The van der Waals surface area contributed by atoms with Crippen molar-refractivity contribution in [1.82, 2.24) is 14.8 Å². The van der Waals surface area contributed by atoms with E-state index < -0.39 is 5.60 Å². The Bertz CT molecular complexity index is 658. The van der Waals surface area contributed by atoms with Crippen molar-refractivity contribution in [3.05, 3.63) is 23.9 Å². The molecular formula is C20H30N4O3. The fourth-order valence-corrected chi connectivity index (χ4v) is 4.46. The Hall–Kier alpha value is -1.70. The molecule has 0 aromatic carbocycles. The number of anilines is 1. The van der Waals surface area contributed by atoms with Crippen molar-refractivity contribution < 1.29 is 14.6 Å². The van der Waals surface area contributed by atoms with E-state index in [1.807, 2.05) is 21.9 Å². The highest BCUT2D eigenvalue weighted by Crippen LogP contribution is 2.25. The number of aliphatic hydroxyl groups is 1. The molecule has 1 unspecified atom stereocenters. The third-order valence-electron chi connectivity index (χ3n) is 5.79. The van der Waals surface area contributed by atoms with Crippen molar-refractivity contribution in [2.45, 2.75) is 31.3 Å². The van der Waals surface area contributed by atoms with Crippen LogP contribution in [-0.4, -0.2) is 90.4 Å². The fourth-order valence-electron chi connectivity index (χ4n) is 4.46. The lowest BCUT2D eigenvalue weighted by Gasteiger charge is -2.35. The highest BCUT2D eigenvalue weighted by Gasteiger charge is 2.37. The van der Waals surface area contributed by atoms with E-state index in [2.05, 4.69) is 9.88 Å². The predicted octanol–water partition coefficient (Wildman–Crippen LogP) is 0.981. The summed E-state index contributed by atoms with van der Waals surface area (Å²) < 4.78 is 5.73. The summed E-state index contributed by atoms with van der Waals surface area (Å²) in [4.78, 5) is 23.8. The lowest BCUT2D eigenvalue weighted by atomic mass is 10.0. The summed E-state index contributed by atoms with van der Waals surface area (Å²) in [6.45, 7) is 6.20. The van der Waals surface area contributed by atoms with E-state index >= 15 is 0 Å². The summed E-state index contributed by atoms with van der Waals surface area (Å²) in [5.41, 5.74) is -0.323. The van der Waals surface area contributed by atoms with E-state index in [1.165, 1.54) is 12.8 Å². The summed E-state index contributed by atoms with van der Waals surface area (Å²) in [5, 5.41) is 11.3. The van der Waals surface area contributed by atoms with Gasteiger partial charge in [-0.25, -0.2) is 4.98 Å². The molecule has 0 aliphatic carbocycles. The molecule has 3 saturated heterocycles. The number of pyridine rings is 1. The van der Waals surface area contributed by atoms with E-state index in [9.17, 15) is 9.90 Å². The minimum Gasteiger partial charge on any atom is -0.384 e. The summed E-state index contributed by atoms with van der Waals surface area (Å²) in [6.07, 6.45) is 6.23. The van der Waals surface area contributed by atoms with Crippen molar-refractivity contribution in [2.75, 3.05) is 63.9 Å². The van der Waals surface area contributed by atoms with E-state index in [1.54, 1.807) is 6.20 Å². The quantitative estimate of drug-likeness (QED) is 0.847. The van der Waals surface area contributed by atoms with Crippen LogP contribution >= 0.6 is 0 Å². The predicted molar refractivity (Wildman–Crippen MR) is 103 cm³/mol. The maximum absolute atomic E-state index is 13.0. The molecule has 0 bridgehead atoms. The zero-order valence-electron chi connectivity index (χ0n) is 16.0. The van der Waals surface area contributed by atoms with Gasteiger partial charge in [-0.2, -0.15) is 0 Å². The molecule has 0 radical (unpaired) electrons. The maximum atomic E-state index is 13.0. The Labute approximate surface area is 160 Å². The second-order valence-electron chi connectivity index (χ2n) is 8.06. The molecule has 148 valence electrons. The van der Waals surface area contributed by atoms with Gasteiger partial charge in [0, 0.05) is 32.4 Å². The topological polar surface area (TPSA) is 69.1 Å². The minimum atomic E-state index is -0.952. The van der Waals surface area contributed by atoms with Crippen LogP contribution in [0.4, 0.5) is 5.82 Å². The van der Waals surface area contributed by atoms with Crippen LogP contribution in [-0.2, 0) is 4.74 Å². The zero-order valence-corrected chi connectivity index (χ0v) is 16.0. The Morgan fingerprint density at radius 3 is 2.67 bits per heavy atom. The van der Waals surface area contributed by atoms with Crippen LogP contribution in [0.15, 0.2) is 18.3 Å². The molecule has 7 nitrogen and oxygen atoms in total. The monoisotopic (exact) mass is 374 g/mol. The lowest BCUT2D eigenvalue weighted by molar-refractivity contribution is -0.0439. The van der Waals surface area contributed by atoms with Crippen LogP contribution in [0.1, 0.15) is 36.0 Å². The third kappa shape index (κ3) is 4.25. The Morgan fingerprint density at radius 2 is 1.89 bits per heavy atom. The van der Waals surface area contributed by atoms with Crippen LogP contribution in [0, 0.1) is 0 Å². The molecule has 1 atom stereocenters. The summed E-state index contributed by atoms with van der Waals surface area (Å²) >= 11 is 0. The first kappa shape index (κ1) is 18.7. The van der Waals surface area contributed by atoms with Gasteiger partial charge in [-0.1, -0.05) is 0 Å². The molecule has 1 amide bonds. The number of hydrogen-bond acceptors (Lipinski definition) is 6. The average molecular weight is 374 g/mol. The van der Waals surface area contributed by atoms with Crippen molar-refractivity contribution in [1.29, 1.82) is 0 Å². The number of hydrogen-bond donors (Lipinski definition) is 1. The smallest absolute Gasteiger partial charge is 0.257 e. The van der Waals surface area contributed by atoms with Gasteiger partial charge in [0.15, 0.2) is 0 Å². The van der Waals surface area contributed by atoms with Gasteiger partial charge in [-0.15, -0.1) is 0 Å². The number of amides is 1. The lowest BCUT2D eigenvalue weighted by Crippen LogP contribution is -2.52. The molecule has 0 spiro atoms. The second-order valence-corrected chi connectivity index (χ2v) is 8.06. The molecule has 3 fully saturated rings. The molecule has 27 heavy (non-hydrogen) atoms. The van der Waals surface area contributed by atoms with E-state index in [0.29, 0.717) is 44.2 Å².